The predicted molar refractivity (Wildman–Crippen MR) is 77.7 cm³/mol. The molecule has 1 rings (SSSR count). The number of hydrogen-bond donors (Lipinski definition) is 0. The van der Waals surface area contributed by atoms with Crippen molar-refractivity contribution in [1.82, 2.24) is 4.90 Å². The standard InChI is InChI=1S/C14H27NO2Si/c1-11(2)12(16)7-5-4-6-9-15-10-8-13(18-3)14(15)17/h11,13H,4-10,18H2,1-3H3. The van der Waals surface area contributed by atoms with Crippen LogP contribution in [0.15, 0.2) is 0 Å². The third kappa shape index (κ3) is 4.56. The van der Waals surface area contributed by atoms with Gasteiger partial charge in [-0.3, -0.25) is 9.59 Å². The highest BCUT2D eigenvalue weighted by Crippen LogP contribution is 2.22. The van der Waals surface area contributed by atoms with E-state index in [1.54, 1.807) is 0 Å². The van der Waals surface area contributed by atoms with E-state index in [0.29, 0.717) is 23.7 Å². The van der Waals surface area contributed by atoms with Crippen LogP contribution in [0, 0.1) is 5.92 Å². The summed E-state index contributed by atoms with van der Waals surface area (Å²) in [4.78, 5) is 25.4. The van der Waals surface area contributed by atoms with Crippen LogP contribution in [0.2, 0.25) is 12.1 Å². The summed E-state index contributed by atoms with van der Waals surface area (Å²) in [5.41, 5.74) is 0.410. The highest BCUT2D eigenvalue weighted by atomic mass is 28.2. The molecule has 0 aromatic heterocycles. The maximum atomic E-state index is 11.9. The molecule has 104 valence electrons. The first-order chi connectivity index (χ1) is 8.56. The summed E-state index contributed by atoms with van der Waals surface area (Å²) in [6.07, 6.45) is 4.89. The van der Waals surface area contributed by atoms with Crippen molar-refractivity contribution in [3.63, 3.8) is 0 Å². The molecule has 0 aliphatic carbocycles. The van der Waals surface area contributed by atoms with E-state index >= 15 is 0 Å². The minimum Gasteiger partial charge on any atom is -0.343 e. The minimum atomic E-state index is -0.177. The van der Waals surface area contributed by atoms with Crippen LogP contribution in [0.5, 0.6) is 0 Å². The zero-order chi connectivity index (χ0) is 13.5. The van der Waals surface area contributed by atoms with Gasteiger partial charge in [0.25, 0.3) is 0 Å². The molecular weight excluding hydrogens is 242 g/mol. The van der Waals surface area contributed by atoms with Gasteiger partial charge in [-0.25, -0.2) is 0 Å². The van der Waals surface area contributed by atoms with E-state index in [1.165, 1.54) is 0 Å². The average molecular weight is 269 g/mol. The van der Waals surface area contributed by atoms with Crippen LogP contribution in [-0.4, -0.2) is 39.2 Å². The van der Waals surface area contributed by atoms with Crippen LogP contribution >= 0.6 is 0 Å². The van der Waals surface area contributed by atoms with Crippen LogP contribution in [0.4, 0.5) is 0 Å². The van der Waals surface area contributed by atoms with E-state index in [9.17, 15) is 9.59 Å². The second kappa shape index (κ2) is 7.72. The lowest BCUT2D eigenvalue weighted by molar-refractivity contribution is -0.127. The van der Waals surface area contributed by atoms with Crippen LogP contribution < -0.4 is 0 Å². The molecule has 18 heavy (non-hydrogen) atoms. The van der Waals surface area contributed by atoms with Gasteiger partial charge in [-0.1, -0.05) is 26.8 Å². The molecule has 0 radical (unpaired) electrons. The van der Waals surface area contributed by atoms with E-state index in [1.807, 2.05) is 18.7 Å². The van der Waals surface area contributed by atoms with Gasteiger partial charge in [0.1, 0.15) is 5.78 Å². The van der Waals surface area contributed by atoms with Gasteiger partial charge >= 0.3 is 0 Å². The molecule has 1 saturated heterocycles. The number of nitrogens with zero attached hydrogens (tertiary/aromatic N) is 1. The quantitative estimate of drug-likeness (QED) is 0.499. The number of carbonyl (C=O) groups is 2. The summed E-state index contributed by atoms with van der Waals surface area (Å²) < 4.78 is 0. The Morgan fingerprint density at radius 1 is 1.39 bits per heavy atom. The Labute approximate surface area is 113 Å². The molecular formula is C14H27NO2Si. The summed E-state index contributed by atoms with van der Waals surface area (Å²) >= 11 is 0. The maximum absolute atomic E-state index is 11.9. The van der Waals surface area contributed by atoms with Crippen LogP contribution in [0.1, 0.15) is 46.0 Å². The molecule has 4 heteroatoms. The van der Waals surface area contributed by atoms with E-state index in [2.05, 4.69) is 6.55 Å². The minimum absolute atomic E-state index is 0.167. The lowest BCUT2D eigenvalue weighted by atomic mass is 10.0. The normalized spacial score (nSPS) is 20.6. The van der Waals surface area contributed by atoms with Gasteiger partial charge in [0, 0.05) is 40.5 Å². The Hall–Kier alpha value is -0.643. The fourth-order valence-corrected chi connectivity index (χ4v) is 3.67. The second-order valence-corrected chi connectivity index (χ2v) is 7.45. The van der Waals surface area contributed by atoms with E-state index < -0.39 is 0 Å². The number of Topliss-reactive ketones (excluding diaryl/α,β-unsaturated/α-hetero) is 1. The van der Waals surface area contributed by atoms with Crippen molar-refractivity contribution in [2.45, 2.75) is 58.0 Å². The summed E-state index contributed by atoms with van der Waals surface area (Å²) in [7, 11) is -0.177. The van der Waals surface area contributed by atoms with Gasteiger partial charge < -0.3 is 4.90 Å². The number of carbonyl (C=O) groups excluding carboxylic acids is 2. The number of likely N-dealkylation sites (tertiary alicyclic amines) is 1. The van der Waals surface area contributed by atoms with E-state index in [4.69, 9.17) is 0 Å². The SMILES string of the molecule is C[SiH2]C1CCN(CCCCCC(=O)C(C)C)C1=O. The third-order valence-corrected chi connectivity index (χ3v) is 5.64. The van der Waals surface area contributed by atoms with Crippen LogP contribution in [0.3, 0.4) is 0 Å². The molecule has 1 heterocycles. The molecule has 0 aromatic rings. The molecule has 0 spiro atoms. The van der Waals surface area contributed by atoms with Crippen molar-refractivity contribution in [2.75, 3.05) is 13.1 Å². The number of ketones is 1. The van der Waals surface area contributed by atoms with Crippen molar-refractivity contribution in [3.05, 3.63) is 0 Å². The van der Waals surface area contributed by atoms with Crippen molar-refractivity contribution in [1.29, 1.82) is 0 Å². The molecule has 0 saturated carbocycles. The van der Waals surface area contributed by atoms with E-state index in [-0.39, 0.29) is 15.4 Å². The maximum Gasteiger partial charge on any atom is 0.222 e. The molecule has 1 aliphatic rings. The summed E-state index contributed by atoms with van der Waals surface area (Å²) in [6.45, 7) is 8.01. The van der Waals surface area contributed by atoms with Crippen molar-refractivity contribution < 1.29 is 9.59 Å². The van der Waals surface area contributed by atoms with Crippen LogP contribution in [-0.2, 0) is 9.59 Å². The van der Waals surface area contributed by atoms with Gasteiger partial charge in [-0.2, -0.15) is 0 Å². The van der Waals surface area contributed by atoms with Gasteiger partial charge in [0.05, 0.1) is 0 Å². The van der Waals surface area contributed by atoms with Crippen molar-refractivity contribution in [3.8, 4) is 0 Å². The molecule has 1 amide bonds. The number of unbranched alkanes of at least 4 members (excludes halogenated alkanes) is 2. The Bertz CT molecular complexity index is 292. The van der Waals surface area contributed by atoms with Gasteiger partial charge in [-0.05, 0) is 19.3 Å². The second-order valence-electron chi connectivity index (χ2n) is 5.65. The van der Waals surface area contributed by atoms with Crippen molar-refractivity contribution in [2.24, 2.45) is 5.92 Å². The molecule has 1 fully saturated rings. The van der Waals surface area contributed by atoms with Crippen LogP contribution in [0.25, 0.3) is 0 Å². The summed E-state index contributed by atoms with van der Waals surface area (Å²) in [6, 6.07) is 0. The number of hydrogen-bond acceptors (Lipinski definition) is 2. The number of rotatable bonds is 8. The topological polar surface area (TPSA) is 37.4 Å². The molecule has 0 N–H and O–H groups in total. The first-order valence-electron chi connectivity index (χ1n) is 7.37. The molecule has 1 aliphatic heterocycles. The van der Waals surface area contributed by atoms with Gasteiger partial charge in [0.15, 0.2) is 0 Å². The molecule has 1 atom stereocenters. The molecule has 0 bridgehead atoms. The Kier molecular flexibility index (Phi) is 6.61. The predicted octanol–water partition coefficient (Wildman–Crippen LogP) is 2.01. The summed E-state index contributed by atoms with van der Waals surface area (Å²) in [5, 5.41) is 0. The lowest BCUT2D eigenvalue weighted by Crippen LogP contribution is -2.27. The molecule has 3 nitrogen and oxygen atoms in total. The third-order valence-electron chi connectivity index (χ3n) is 3.90. The van der Waals surface area contributed by atoms with E-state index in [0.717, 1.165) is 38.8 Å². The first-order valence-corrected chi connectivity index (χ1v) is 9.60. The monoisotopic (exact) mass is 269 g/mol. The zero-order valence-corrected chi connectivity index (χ0v) is 13.5. The van der Waals surface area contributed by atoms with Gasteiger partial charge in [0.2, 0.25) is 5.91 Å². The smallest absolute Gasteiger partial charge is 0.222 e. The highest BCUT2D eigenvalue weighted by Gasteiger charge is 2.29. The van der Waals surface area contributed by atoms with Crippen molar-refractivity contribution >= 4 is 21.2 Å². The lowest BCUT2D eigenvalue weighted by Gasteiger charge is -2.16. The molecule has 0 aromatic carbocycles. The zero-order valence-electron chi connectivity index (χ0n) is 12.1. The Morgan fingerprint density at radius 3 is 2.67 bits per heavy atom. The fraction of sp³-hybridized carbons (Fsp3) is 0.857. The highest BCUT2D eigenvalue weighted by molar-refractivity contribution is 6.42. The largest absolute Gasteiger partial charge is 0.343 e. The average Bonchev–Trinajstić information content (AvgIpc) is 2.69. The Balaban J connectivity index is 2.09. The summed E-state index contributed by atoms with van der Waals surface area (Å²) in [5.74, 6) is 0.937. The Morgan fingerprint density at radius 2 is 2.11 bits per heavy atom. The first kappa shape index (κ1) is 15.4. The molecule has 1 unspecified atom stereocenters. The fourth-order valence-electron chi connectivity index (χ4n) is 2.47. The van der Waals surface area contributed by atoms with Gasteiger partial charge in [-0.15, -0.1) is 0 Å². The number of amides is 1.